The SMILES string of the molecule is COc1ccc(S(N)(=O)=O)cc1NC(=O)C=Cc1sc2ccccc2c1Cl. The largest absolute Gasteiger partial charge is 0.495 e. The minimum atomic E-state index is -3.90. The van der Waals surface area contributed by atoms with E-state index in [9.17, 15) is 13.2 Å². The molecule has 1 amide bonds. The molecular weight excluding hydrogens is 408 g/mol. The zero-order valence-corrected chi connectivity index (χ0v) is 16.5. The van der Waals surface area contributed by atoms with Crippen LogP contribution in [0.3, 0.4) is 0 Å². The third-order valence-corrected chi connectivity index (χ3v) is 6.27. The zero-order valence-electron chi connectivity index (χ0n) is 14.1. The highest BCUT2D eigenvalue weighted by molar-refractivity contribution is 7.89. The fourth-order valence-electron chi connectivity index (χ4n) is 2.43. The van der Waals surface area contributed by atoms with Crippen LogP contribution in [-0.2, 0) is 14.8 Å². The second kappa shape index (κ2) is 7.69. The van der Waals surface area contributed by atoms with Crippen LogP contribution >= 0.6 is 22.9 Å². The fourth-order valence-corrected chi connectivity index (χ4v) is 4.37. The molecule has 0 aliphatic carbocycles. The number of sulfonamides is 1. The quantitative estimate of drug-likeness (QED) is 0.610. The number of methoxy groups -OCH3 is 1. The molecule has 0 radical (unpaired) electrons. The van der Waals surface area contributed by atoms with E-state index in [1.807, 2.05) is 24.3 Å². The first-order valence-corrected chi connectivity index (χ1v) is 10.4. The van der Waals surface area contributed by atoms with Gasteiger partial charge in [0.1, 0.15) is 5.75 Å². The van der Waals surface area contributed by atoms with E-state index in [-0.39, 0.29) is 10.6 Å². The van der Waals surface area contributed by atoms with E-state index < -0.39 is 15.9 Å². The fraction of sp³-hybridized carbons (Fsp3) is 0.0556. The molecule has 27 heavy (non-hydrogen) atoms. The molecule has 0 spiro atoms. The first kappa shape index (κ1) is 19.4. The Hall–Kier alpha value is -2.39. The molecule has 3 N–H and O–H groups in total. The van der Waals surface area contributed by atoms with Gasteiger partial charge < -0.3 is 10.1 Å². The van der Waals surface area contributed by atoms with E-state index in [4.69, 9.17) is 21.5 Å². The number of hydrogen-bond donors (Lipinski definition) is 2. The van der Waals surface area contributed by atoms with Crippen LogP contribution in [0, 0.1) is 0 Å². The summed E-state index contributed by atoms with van der Waals surface area (Å²) in [6.45, 7) is 0. The molecule has 9 heteroatoms. The standard InChI is InChI=1S/C18H15ClN2O4S2/c1-25-14-7-6-11(27(20,23)24)10-13(14)21-17(22)9-8-16-18(19)12-4-2-3-5-15(12)26-16/h2-10H,1H3,(H,21,22)(H2,20,23,24). The number of benzene rings is 2. The Labute approximate surface area is 165 Å². The molecule has 0 aliphatic heterocycles. The van der Waals surface area contributed by atoms with Gasteiger partial charge in [-0.25, -0.2) is 13.6 Å². The highest BCUT2D eigenvalue weighted by atomic mass is 35.5. The van der Waals surface area contributed by atoms with Crippen LogP contribution in [-0.4, -0.2) is 21.4 Å². The number of carbonyl (C=O) groups excluding carboxylic acids is 1. The zero-order chi connectivity index (χ0) is 19.6. The lowest BCUT2D eigenvalue weighted by Crippen LogP contribution is -2.14. The molecule has 1 heterocycles. The summed E-state index contributed by atoms with van der Waals surface area (Å²) in [6, 6.07) is 11.6. The number of nitrogens with two attached hydrogens (primary N) is 1. The third-order valence-electron chi connectivity index (χ3n) is 3.70. The van der Waals surface area contributed by atoms with Crippen molar-refractivity contribution in [1.29, 1.82) is 0 Å². The summed E-state index contributed by atoms with van der Waals surface area (Å²) in [5.41, 5.74) is 0.195. The van der Waals surface area contributed by atoms with E-state index in [1.54, 1.807) is 6.08 Å². The lowest BCUT2D eigenvalue weighted by atomic mass is 10.2. The van der Waals surface area contributed by atoms with Gasteiger partial charge in [0.05, 0.1) is 22.7 Å². The number of fused-ring (bicyclic) bond motifs is 1. The molecule has 2 aromatic carbocycles. The molecule has 0 unspecified atom stereocenters. The number of amides is 1. The molecular formula is C18H15ClN2O4S2. The maximum Gasteiger partial charge on any atom is 0.248 e. The number of primary sulfonamides is 1. The highest BCUT2D eigenvalue weighted by Gasteiger charge is 2.13. The van der Waals surface area contributed by atoms with Crippen molar-refractivity contribution in [2.24, 2.45) is 5.14 Å². The molecule has 0 fully saturated rings. The van der Waals surface area contributed by atoms with Crippen LogP contribution in [0.5, 0.6) is 5.75 Å². The second-order valence-electron chi connectivity index (χ2n) is 5.51. The van der Waals surface area contributed by atoms with Gasteiger partial charge in [-0.2, -0.15) is 0 Å². The van der Waals surface area contributed by atoms with E-state index in [0.29, 0.717) is 10.8 Å². The Morgan fingerprint density at radius 1 is 1.26 bits per heavy atom. The van der Waals surface area contributed by atoms with E-state index in [2.05, 4.69) is 5.32 Å². The molecule has 0 bridgehead atoms. The van der Waals surface area contributed by atoms with E-state index in [0.717, 1.165) is 15.0 Å². The van der Waals surface area contributed by atoms with Crippen LogP contribution in [0.4, 0.5) is 5.69 Å². The monoisotopic (exact) mass is 422 g/mol. The van der Waals surface area contributed by atoms with Gasteiger partial charge in [0.25, 0.3) is 0 Å². The maximum absolute atomic E-state index is 12.3. The Morgan fingerprint density at radius 2 is 2.00 bits per heavy atom. The van der Waals surface area contributed by atoms with Gasteiger partial charge in [-0.1, -0.05) is 29.8 Å². The summed E-state index contributed by atoms with van der Waals surface area (Å²) >= 11 is 7.81. The maximum atomic E-state index is 12.3. The summed E-state index contributed by atoms with van der Waals surface area (Å²) in [4.78, 5) is 12.9. The number of ether oxygens (including phenoxy) is 1. The normalized spacial score (nSPS) is 11.8. The van der Waals surface area contributed by atoms with Gasteiger partial charge in [0.2, 0.25) is 15.9 Å². The molecule has 0 atom stereocenters. The minimum Gasteiger partial charge on any atom is -0.495 e. The molecule has 3 rings (SSSR count). The van der Waals surface area contributed by atoms with Crippen molar-refractivity contribution in [3.05, 3.63) is 58.4 Å². The van der Waals surface area contributed by atoms with Crippen LogP contribution < -0.4 is 15.2 Å². The molecule has 140 valence electrons. The second-order valence-corrected chi connectivity index (χ2v) is 8.53. The number of hydrogen-bond acceptors (Lipinski definition) is 5. The number of anilines is 1. The van der Waals surface area contributed by atoms with Gasteiger partial charge in [-0.15, -0.1) is 11.3 Å². The van der Waals surface area contributed by atoms with Crippen LogP contribution in [0.2, 0.25) is 5.02 Å². The van der Waals surface area contributed by atoms with Crippen LogP contribution in [0.15, 0.2) is 53.4 Å². The average Bonchev–Trinajstić information content (AvgIpc) is 2.95. The number of halogens is 1. The van der Waals surface area contributed by atoms with Crippen molar-refractivity contribution in [1.82, 2.24) is 0 Å². The van der Waals surface area contributed by atoms with Gasteiger partial charge in [-0.05, 0) is 30.3 Å². The molecule has 3 aromatic rings. The third kappa shape index (κ3) is 4.30. The van der Waals surface area contributed by atoms with Gasteiger partial charge >= 0.3 is 0 Å². The summed E-state index contributed by atoms with van der Waals surface area (Å²) in [5.74, 6) is -0.155. The van der Waals surface area contributed by atoms with Crippen molar-refractivity contribution in [2.45, 2.75) is 4.90 Å². The molecule has 0 saturated carbocycles. The smallest absolute Gasteiger partial charge is 0.248 e. The van der Waals surface area contributed by atoms with Crippen molar-refractivity contribution in [3.63, 3.8) is 0 Å². The molecule has 0 aliphatic rings. The lowest BCUT2D eigenvalue weighted by molar-refractivity contribution is -0.111. The Morgan fingerprint density at radius 3 is 2.67 bits per heavy atom. The van der Waals surface area contributed by atoms with Crippen molar-refractivity contribution < 1.29 is 17.9 Å². The molecule has 1 aromatic heterocycles. The number of nitrogens with one attached hydrogen (secondary N) is 1. The van der Waals surface area contributed by atoms with E-state index in [1.165, 1.54) is 42.7 Å². The lowest BCUT2D eigenvalue weighted by Gasteiger charge is -2.10. The van der Waals surface area contributed by atoms with Gasteiger partial charge in [0.15, 0.2) is 0 Å². The van der Waals surface area contributed by atoms with Crippen molar-refractivity contribution in [2.75, 3.05) is 12.4 Å². The van der Waals surface area contributed by atoms with Crippen molar-refractivity contribution >= 4 is 60.7 Å². The number of carbonyl (C=O) groups is 1. The summed E-state index contributed by atoms with van der Waals surface area (Å²) in [6.07, 6.45) is 2.93. The predicted octanol–water partition coefficient (Wildman–Crippen LogP) is 3.86. The Kier molecular flexibility index (Phi) is 5.52. The van der Waals surface area contributed by atoms with Gasteiger partial charge in [0, 0.05) is 21.0 Å². The average molecular weight is 423 g/mol. The first-order chi connectivity index (χ1) is 12.8. The predicted molar refractivity (Wildman–Crippen MR) is 109 cm³/mol. The van der Waals surface area contributed by atoms with Crippen LogP contribution in [0.1, 0.15) is 4.88 Å². The van der Waals surface area contributed by atoms with Crippen molar-refractivity contribution in [3.8, 4) is 5.75 Å². The van der Waals surface area contributed by atoms with Crippen LogP contribution in [0.25, 0.3) is 16.2 Å². The molecule has 0 saturated heterocycles. The number of rotatable bonds is 5. The summed E-state index contributed by atoms with van der Waals surface area (Å²) in [7, 11) is -2.49. The van der Waals surface area contributed by atoms with E-state index >= 15 is 0 Å². The summed E-state index contributed by atoms with van der Waals surface area (Å²) < 4.78 is 29.2. The van der Waals surface area contributed by atoms with Gasteiger partial charge in [-0.3, -0.25) is 4.79 Å². The number of thiophene rings is 1. The molecule has 6 nitrogen and oxygen atoms in total. The topological polar surface area (TPSA) is 98.5 Å². The Bertz CT molecular complexity index is 1150. The summed E-state index contributed by atoms with van der Waals surface area (Å²) in [5, 5.41) is 9.22. The first-order valence-electron chi connectivity index (χ1n) is 7.66. The highest BCUT2D eigenvalue weighted by Crippen LogP contribution is 2.36. The Balaban J connectivity index is 1.85. The minimum absolute atomic E-state index is 0.130.